The SMILES string of the molecule is CN=C(NCCc1ccc(S(N)(=O)=O)cc1)NC1CCN(c2cccs2)CC1.I. The first-order valence-corrected chi connectivity index (χ1v) is 11.8. The van der Waals surface area contributed by atoms with Gasteiger partial charge in [0.25, 0.3) is 0 Å². The highest BCUT2D eigenvalue weighted by Crippen LogP contribution is 2.24. The molecular weight excluding hydrogens is 521 g/mol. The fourth-order valence-corrected chi connectivity index (χ4v) is 4.55. The van der Waals surface area contributed by atoms with Crippen molar-refractivity contribution in [1.29, 1.82) is 0 Å². The first kappa shape index (κ1) is 23.9. The maximum absolute atomic E-state index is 11.3. The van der Waals surface area contributed by atoms with E-state index in [2.05, 4.69) is 38.0 Å². The highest BCUT2D eigenvalue weighted by atomic mass is 127. The van der Waals surface area contributed by atoms with Crippen molar-refractivity contribution >= 4 is 56.3 Å². The van der Waals surface area contributed by atoms with Crippen LogP contribution in [0.5, 0.6) is 0 Å². The number of hydrogen-bond donors (Lipinski definition) is 3. The van der Waals surface area contributed by atoms with Crippen LogP contribution in [-0.2, 0) is 16.4 Å². The predicted molar refractivity (Wildman–Crippen MR) is 131 cm³/mol. The van der Waals surface area contributed by atoms with Gasteiger partial charge in [-0.05, 0) is 54.5 Å². The number of anilines is 1. The molecule has 0 radical (unpaired) electrons. The molecule has 0 unspecified atom stereocenters. The van der Waals surface area contributed by atoms with Gasteiger partial charge in [-0.15, -0.1) is 35.3 Å². The lowest BCUT2D eigenvalue weighted by Crippen LogP contribution is -2.49. The molecule has 0 atom stereocenters. The van der Waals surface area contributed by atoms with E-state index in [0.717, 1.165) is 43.9 Å². The summed E-state index contributed by atoms with van der Waals surface area (Å²) in [6.07, 6.45) is 2.92. The molecule has 2 aromatic rings. The highest BCUT2D eigenvalue weighted by molar-refractivity contribution is 14.0. The second-order valence-electron chi connectivity index (χ2n) is 6.79. The summed E-state index contributed by atoms with van der Waals surface area (Å²) in [6.45, 7) is 2.81. The van der Waals surface area contributed by atoms with Gasteiger partial charge in [0.05, 0.1) is 9.90 Å². The molecule has 1 aromatic heterocycles. The summed E-state index contributed by atoms with van der Waals surface area (Å²) < 4.78 is 22.6. The molecule has 7 nitrogen and oxygen atoms in total. The lowest BCUT2D eigenvalue weighted by atomic mass is 10.1. The average Bonchev–Trinajstić information content (AvgIpc) is 3.22. The van der Waals surface area contributed by atoms with Crippen LogP contribution in [-0.4, -0.2) is 47.1 Å². The first-order valence-electron chi connectivity index (χ1n) is 9.33. The van der Waals surface area contributed by atoms with Gasteiger partial charge < -0.3 is 15.5 Å². The molecule has 0 amide bonds. The second kappa shape index (κ2) is 11.1. The molecule has 0 bridgehead atoms. The number of primary sulfonamides is 1. The molecule has 160 valence electrons. The minimum Gasteiger partial charge on any atom is -0.363 e. The van der Waals surface area contributed by atoms with Crippen molar-refractivity contribution in [2.75, 3.05) is 31.6 Å². The van der Waals surface area contributed by atoms with Gasteiger partial charge in [-0.25, -0.2) is 13.6 Å². The van der Waals surface area contributed by atoms with Crippen LogP contribution in [0.15, 0.2) is 51.7 Å². The molecule has 10 heteroatoms. The normalized spacial score (nSPS) is 15.7. The van der Waals surface area contributed by atoms with Crippen molar-refractivity contribution < 1.29 is 8.42 Å². The Morgan fingerprint density at radius 2 is 1.93 bits per heavy atom. The Labute approximate surface area is 193 Å². The molecule has 2 heterocycles. The number of guanidine groups is 1. The van der Waals surface area contributed by atoms with E-state index in [1.807, 2.05) is 0 Å². The van der Waals surface area contributed by atoms with E-state index >= 15 is 0 Å². The predicted octanol–water partition coefficient (Wildman–Crippen LogP) is 2.39. The van der Waals surface area contributed by atoms with Gasteiger partial charge >= 0.3 is 0 Å². The fraction of sp³-hybridized carbons (Fsp3) is 0.421. The average molecular weight is 550 g/mol. The minimum absolute atomic E-state index is 0. The molecule has 4 N–H and O–H groups in total. The summed E-state index contributed by atoms with van der Waals surface area (Å²) in [5, 5.41) is 15.4. The van der Waals surface area contributed by atoms with Crippen LogP contribution < -0.4 is 20.7 Å². The van der Waals surface area contributed by atoms with Crippen LogP contribution in [0.4, 0.5) is 5.00 Å². The van der Waals surface area contributed by atoms with Gasteiger partial charge in [0.2, 0.25) is 10.0 Å². The minimum atomic E-state index is -3.64. The Kier molecular flexibility index (Phi) is 9.18. The molecule has 1 aliphatic rings. The van der Waals surface area contributed by atoms with Crippen LogP contribution in [0, 0.1) is 0 Å². The van der Waals surface area contributed by atoms with E-state index in [1.54, 1.807) is 42.6 Å². The zero-order chi connectivity index (χ0) is 20.0. The zero-order valence-corrected chi connectivity index (χ0v) is 20.3. The monoisotopic (exact) mass is 549 g/mol. The van der Waals surface area contributed by atoms with Crippen LogP contribution in [0.3, 0.4) is 0 Å². The summed E-state index contributed by atoms with van der Waals surface area (Å²) in [5.41, 5.74) is 1.04. The number of piperidine rings is 1. The molecule has 3 rings (SSSR count). The van der Waals surface area contributed by atoms with Gasteiger partial charge in [0, 0.05) is 32.7 Å². The number of hydrogen-bond acceptors (Lipinski definition) is 5. The van der Waals surface area contributed by atoms with E-state index in [9.17, 15) is 8.42 Å². The van der Waals surface area contributed by atoms with Crippen molar-refractivity contribution in [3.05, 3.63) is 47.3 Å². The van der Waals surface area contributed by atoms with Crippen LogP contribution in [0.1, 0.15) is 18.4 Å². The Hall–Kier alpha value is -1.37. The van der Waals surface area contributed by atoms with Gasteiger partial charge in [-0.1, -0.05) is 12.1 Å². The number of thiophene rings is 1. The molecule has 1 aromatic carbocycles. The maximum Gasteiger partial charge on any atom is 0.238 e. The number of aliphatic imine (C=N–C) groups is 1. The summed E-state index contributed by atoms with van der Waals surface area (Å²) in [4.78, 5) is 6.89. The number of rotatable bonds is 6. The number of nitrogens with two attached hydrogens (primary N) is 1. The van der Waals surface area contributed by atoms with E-state index in [1.165, 1.54) is 5.00 Å². The van der Waals surface area contributed by atoms with E-state index < -0.39 is 10.0 Å². The van der Waals surface area contributed by atoms with Crippen LogP contribution >= 0.6 is 35.3 Å². The van der Waals surface area contributed by atoms with Gasteiger partial charge in [-0.2, -0.15) is 0 Å². The lowest BCUT2D eigenvalue weighted by molar-refractivity contribution is 0.463. The fourth-order valence-electron chi connectivity index (χ4n) is 3.25. The molecule has 1 saturated heterocycles. The van der Waals surface area contributed by atoms with Crippen LogP contribution in [0.2, 0.25) is 0 Å². The standard InChI is InChI=1S/C19H27N5O2S2.HI/c1-21-19(22-11-8-15-4-6-17(7-5-15)28(20,25)26)23-16-9-12-24(13-10-16)18-3-2-14-27-18;/h2-7,14,16H,8-13H2,1H3,(H2,20,25,26)(H2,21,22,23);1H. The Bertz CT molecular complexity index is 878. The van der Waals surface area contributed by atoms with E-state index in [-0.39, 0.29) is 28.9 Å². The Balaban J connectivity index is 0.00000300. The largest absolute Gasteiger partial charge is 0.363 e. The number of nitrogens with zero attached hydrogens (tertiary/aromatic N) is 2. The number of sulfonamides is 1. The van der Waals surface area contributed by atoms with Crippen molar-refractivity contribution in [3.63, 3.8) is 0 Å². The number of benzene rings is 1. The molecule has 1 fully saturated rings. The van der Waals surface area contributed by atoms with E-state index in [0.29, 0.717) is 12.6 Å². The topological polar surface area (TPSA) is 99.8 Å². The summed E-state index contributed by atoms with van der Waals surface area (Å²) >= 11 is 1.79. The van der Waals surface area contributed by atoms with Crippen molar-refractivity contribution in [2.24, 2.45) is 10.1 Å². The van der Waals surface area contributed by atoms with Crippen LogP contribution in [0.25, 0.3) is 0 Å². The van der Waals surface area contributed by atoms with Gasteiger partial charge in [0.15, 0.2) is 5.96 Å². The highest BCUT2D eigenvalue weighted by Gasteiger charge is 2.20. The molecule has 1 aliphatic heterocycles. The molecule has 0 saturated carbocycles. The Morgan fingerprint density at radius 3 is 2.48 bits per heavy atom. The molecular formula is C19H28IN5O2S2. The van der Waals surface area contributed by atoms with Crippen molar-refractivity contribution in [3.8, 4) is 0 Å². The van der Waals surface area contributed by atoms with Crippen molar-refractivity contribution in [1.82, 2.24) is 10.6 Å². The molecule has 0 aliphatic carbocycles. The third-order valence-corrected chi connectivity index (χ3v) is 6.69. The quantitative estimate of drug-likeness (QED) is 0.292. The summed E-state index contributed by atoms with van der Waals surface area (Å²) in [5.74, 6) is 0.802. The number of halogens is 1. The molecule has 0 spiro atoms. The Morgan fingerprint density at radius 1 is 1.24 bits per heavy atom. The number of nitrogens with one attached hydrogen (secondary N) is 2. The second-order valence-corrected chi connectivity index (χ2v) is 9.28. The smallest absolute Gasteiger partial charge is 0.238 e. The summed E-state index contributed by atoms with van der Waals surface area (Å²) in [7, 11) is -1.87. The third-order valence-electron chi connectivity index (χ3n) is 4.84. The van der Waals surface area contributed by atoms with Gasteiger partial charge in [-0.3, -0.25) is 4.99 Å². The van der Waals surface area contributed by atoms with Crippen molar-refractivity contribution in [2.45, 2.75) is 30.2 Å². The lowest BCUT2D eigenvalue weighted by Gasteiger charge is -2.33. The molecule has 29 heavy (non-hydrogen) atoms. The zero-order valence-electron chi connectivity index (χ0n) is 16.4. The van der Waals surface area contributed by atoms with E-state index in [4.69, 9.17) is 5.14 Å². The maximum atomic E-state index is 11.3. The third kappa shape index (κ3) is 7.12. The first-order chi connectivity index (χ1) is 13.5. The summed E-state index contributed by atoms with van der Waals surface area (Å²) in [6, 6.07) is 11.3. The van der Waals surface area contributed by atoms with Gasteiger partial charge in [0.1, 0.15) is 0 Å².